The molecule has 1 fully saturated rings. The Morgan fingerprint density at radius 2 is 2.07 bits per heavy atom. The van der Waals surface area contributed by atoms with Crippen LogP contribution in [0.4, 0.5) is 4.79 Å². The summed E-state index contributed by atoms with van der Waals surface area (Å²) in [6.07, 6.45) is 1.89. The van der Waals surface area contributed by atoms with Gasteiger partial charge in [-0.15, -0.1) is 0 Å². The molecule has 15 heavy (non-hydrogen) atoms. The van der Waals surface area contributed by atoms with E-state index in [1.807, 2.05) is 0 Å². The van der Waals surface area contributed by atoms with Crippen molar-refractivity contribution in [3.8, 4) is 0 Å². The third kappa shape index (κ3) is 2.82. The molecule has 0 aromatic carbocycles. The van der Waals surface area contributed by atoms with Crippen LogP contribution in [0.25, 0.3) is 0 Å². The van der Waals surface area contributed by atoms with Crippen molar-refractivity contribution < 1.29 is 14.3 Å². The van der Waals surface area contributed by atoms with E-state index >= 15 is 0 Å². The maximum Gasteiger partial charge on any atom is 0.404 e. The third-order valence-electron chi connectivity index (χ3n) is 2.82. The topological polar surface area (TPSA) is 107 Å². The van der Waals surface area contributed by atoms with Crippen LogP contribution in [-0.2, 0) is 9.53 Å². The van der Waals surface area contributed by atoms with Crippen molar-refractivity contribution in [2.24, 2.45) is 16.9 Å². The molecule has 1 saturated carbocycles. The minimum absolute atomic E-state index is 0.0516. The smallest absolute Gasteiger partial charge is 0.404 e. The van der Waals surface area contributed by atoms with Gasteiger partial charge in [-0.25, -0.2) is 4.79 Å². The Morgan fingerprint density at radius 1 is 1.40 bits per heavy atom. The van der Waals surface area contributed by atoms with E-state index in [0.717, 1.165) is 19.3 Å². The molecule has 2 amide bonds. The van der Waals surface area contributed by atoms with E-state index < -0.39 is 6.09 Å². The summed E-state index contributed by atoms with van der Waals surface area (Å²) < 4.78 is 4.48. The molecule has 6 nitrogen and oxygen atoms in total. The summed E-state index contributed by atoms with van der Waals surface area (Å²) >= 11 is 0. The van der Waals surface area contributed by atoms with E-state index in [1.54, 1.807) is 0 Å². The molecule has 1 aliphatic carbocycles. The van der Waals surface area contributed by atoms with Gasteiger partial charge in [-0.05, 0) is 12.8 Å². The molecule has 0 saturated heterocycles. The van der Waals surface area contributed by atoms with E-state index in [0.29, 0.717) is 6.54 Å². The van der Waals surface area contributed by atoms with Gasteiger partial charge in [0, 0.05) is 6.54 Å². The number of nitrogens with one attached hydrogen (secondary N) is 1. The molecule has 0 unspecified atom stereocenters. The number of carbonyl (C=O) groups excluding carboxylic acids is 2. The van der Waals surface area contributed by atoms with E-state index in [-0.39, 0.29) is 24.5 Å². The van der Waals surface area contributed by atoms with Crippen molar-refractivity contribution in [2.75, 3.05) is 19.7 Å². The fraction of sp³-hybridized carbons (Fsp3) is 0.778. The van der Waals surface area contributed by atoms with Crippen LogP contribution in [0.2, 0.25) is 0 Å². The minimum Gasteiger partial charge on any atom is -0.448 e. The molecule has 0 spiro atoms. The fourth-order valence-corrected chi connectivity index (χ4v) is 1.63. The summed E-state index contributed by atoms with van der Waals surface area (Å²) in [6.45, 7) is 0.751. The highest BCUT2D eigenvalue weighted by Crippen LogP contribution is 2.39. The molecular weight excluding hydrogens is 198 g/mol. The van der Waals surface area contributed by atoms with Crippen molar-refractivity contribution in [1.82, 2.24) is 5.32 Å². The lowest BCUT2D eigenvalue weighted by atomic mass is 9.68. The van der Waals surface area contributed by atoms with Crippen LogP contribution in [0.15, 0.2) is 0 Å². The Morgan fingerprint density at radius 3 is 2.47 bits per heavy atom. The number of carbonyl (C=O) groups is 2. The van der Waals surface area contributed by atoms with E-state index in [1.165, 1.54) is 0 Å². The van der Waals surface area contributed by atoms with E-state index in [4.69, 9.17) is 11.5 Å². The quantitative estimate of drug-likeness (QED) is 0.528. The first kappa shape index (κ1) is 11.8. The number of hydrogen-bond donors (Lipinski definition) is 3. The van der Waals surface area contributed by atoms with Crippen molar-refractivity contribution in [2.45, 2.75) is 19.3 Å². The van der Waals surface area contributed by atoms with Crippen LogP contribution in [-0.4, -0.2) is 31.7 Å². The molecule has 0 atom stereocenters. The zero-order valence-corrected chi connectivity index (χ0v) is 8.62. The Hall–Kier alpha value is -1.30. The molecule has 5 N–H and O–H groups in total. The highest BCUT2D eigenvalue weighted by Gasteiger charge is 2.42. The van der Waals surface area contributed by atoms with Crippen molar-refractivity contribution in [3.05, 3.63) is 0 Å². The lowest BCUT2D eigenvalue weighted by Gasteiger charge is -2.39. The van der Waals surface area contributed by atoms with Gasteiger partial charge in [0.2, 0.25) is 5.91 Å². The first-order valence-electron chi connectivity index (χ1n) is 5.01. The SMILES string of the molecule is NCC1(C(=O)NCCOC(N)=O)CCC1. The Bertz CT molecular complexity index is 245. The molecule has 0 bridgehead atoms. The molecule has 0 aliphatic heterocycles. The van der Waals surface area contributed by atoms with Gasteiger partial charge in [0.1, 0.15) is 6.61 Å². The maximum atomic E-state index is 11.7. The molecule has 6 heteroatoms. The Labute approximate surface area is 88.3 Å². The van der Waals surface area contributed by atoms with Crippen molar-refractivity contribution >= 4 is 12.0 Å². The van der Waals surface area contributed by atoms with Gasteiger partial charge in [-0.3, -0.25) is 4.79 Å². The summed E-state index contributed by atoms with van der Waals surface area (Å²) in [5.41, 5.74) is 9.94. The summed E-state index contributed by atoms with van der Waals surface area (Å²) in [6, 6.07) is 0. The van der Waals surface area contributed by atoms with E-state index in [9.17, 15) is 9.59 Å². The lowest BCUT2D eigenvalue weighted by molar-refractivity contribution is -0.135. The molecule has 0 radical (unpaired) electrons. The van der Waals surface area contributed by atoms with Gasteiger partial charge in [0.05, 0.1) is 12.0 Å². The third-order valence-corrected chi connectivity index (χ3v) is 2.82. The highest BCUT2D eigenvalue weighted by molar-refractivity contribution is 5.83. The number of rotatable bonds is 5. The van der Waals surface area contributed by atoms with Crippen molar-refractivity contribution in [3.63, 3.8) is 0 Å². The van der Waals surface area contributed by atoms with Gasteiger partial charge in [0.25, 0.3) is 0 Å². The van der Waals surface area contributed by atoms with Crippen LogP contribution in [0.5, 0.6) is 0 Å². The molecule has 1 aliphatic rings. The Balaban J connectivity index is 2.21. The predicted molar refractivity (Wildman–Crippen MR) is 53.9 cm³/mol. The van der Waals surface area contributed by atoms with Crippen LogP contribution in [0, 0.1) is 5.41 Å². The number of nitrogens with two attached hydrogens (primary N) is 2. The molecular formula is C9H17N3O3. The number of primary amides is 1. The molecule has 0 heterocycles. The summed E-state index contributed by atoms with van der Waals surface area (Å²) in [7, 11) is 0. The number of hydrogen-bond acceptors (Lipinski definition) is 4. The minimum atomic E-state index is -0.832. The lowest BCUT2D eigenvalue weighted by Crippen LogP contribution is -2.50. The van der Waals surface area contributed by atoms with Gasteiger partial charge in [0.15, 0.2) is 0 Å². The second-order valence-electron chi connectivity index (χ2n) is 3.76. The second-order valence-corrected chi connectivity index (χ2v) is 3.76. The first-order valence-corrected chi connectivity index (χ1v) is 5.01. The van der Waals surface area contributed by atoms with Gasteiger partial charge >= 0.3 is 6.09 Å². The summed E-state index contributed by atoms with van der Waals surface area (Å²) in [5.74, 6) is -0.0516. The average molecular weight is 215 g/mol. The fourth-order valence-electron chi connectivity index (χ4n) is 1.63. The van der Waals surface area contributed by atoms with Crippen LogP contribution in [0.3, 0.4) is 0 Å². The molecule has 0 aromatic rings. The summed E-state index contributed by atoms with van der Waals surface area (Å²) in [4.78, 5) is 21.9. The normalized spacial score (nSPS) is 17.7. The van der Waals surface area contributed by atoms with Crippen LogP contribution < -0.4 is 16.8 Å². The highest BCUT2D eigenvalue weighted by atomic mass is 16.5. The zero-order valence-electron chi connectivity index (χ0n) is 8.62. The maximum absolute atomic E-state index is 11.7. The summed E-state index contributed by atoms with van der Waals surface area (Å²) in [5, 5.41) is 2.68. The van der Waals surface area contributed by atoms with E-state index in [2.05, 4.69) is 10.1 Å². The molecule has 86 valence electrons. The van der Waals surface area contributed by atoms with Gasteiger partial charge < -0.3 is 21.5 Å². The standard InChI is InChI=1S/C9H17N3O3/c10-6-9(2-1-3-9)7(13)12-4-5-15-8(11)14/h1-6,10H2,(H2,11,14)(H,12,13). The van der Waals surface area contributed by atoms with Gasteiger partial charge in [-0.1, -0.05) is 6.42 Å². The van der Waals surface area contributed by atoms with Crippen LogP contribution in [0.1, 0.15) is 19.3 Å². The predicted octanol–water partition coefficient (Wildman–Crippen LogP) is -0.673. The monoisotopic (exact) mass is 215 g/mol. The van der Waals surface area contributed by atoms with Crippen molar-refractivity contribution in [1.29, 1.82) is 0 Å². The second kappa shape index (κ2) is 4.97. The molecule has 1 rings (SSSR count). The number of ether oxygens (including phenoxy) is 1. The van der Waals surface area contributed by atoms with Crippen LogP contribution >= 0.6 is 0 Å². The molecule has 0 aromatic heterocycles. The average Bonchev–Trinajstić information content (AvgIpc) is 2.11. The zero-order chi connectivity index (χ0) is 11.3. The first-order chi connectivity index (χ1) is 7.10. The van der Waals surface area contributed by atoms with Gasteiger partial charge in [-0.2, -0.15) is 0 Å². The largest absolute Gasteiger partial charge is 0.448 e. The Kier molecular flexibility index (Phi) is 3.90. The number of amides is 2.